The van der Waals surface area contributed by atoms with Crippen molar-refractivity contribution in [2.75, 3.05) is 18.6 Å². The number of carboxylic acids is 1. The predicted molar refractivity (Wildman–Crippen MR) is 92.0 cm³/mol. The third-order valence-corrected chi connectivity index (χ3v) is 4.00. The van der Waals surface area contributed by atoms with Crippen molar-refractivity contribution in [2.45, 2.75) is 12.5 Å². The Kier molecular flexibility index (Phi) is 6.29. The molecule has 0 fully saturated rings. The third-order valence-electron chi connectivity index (χ3n) is 3.35. The number of nitrogens with one attached hydrogen (secondary N) is 1. The molecule has 23 heavy (non-hydrogen) atoms. The fraction of sp³-hybridized carbons (Fsp3) is 0.294. The van der Waals surface area contributed by atoms with Gasteiger partial charge in [0.25, 0.3) is 5.91 Å². The summed E-state index contributed by atoms with van der Waals surface area (Å²) in [6.45, 7) is -0.211. The maximum atomic E-state index is 11.9. The summed E-state index contributed by atoms with van der Waals surface area (Å²) in [5.74, 6) is -0.195. The number of hydrogen-bond donors (Lipinski definition) is 2. The van der Waals surface area contributed by atoms with Gasteiger partial charge in [-0.3, -0.25) is 4.79 Å². The van der Waals surface area contributed by atoms with Gasteiger partial charge < -0.3 is 15.2 Å². The van der Waals surface area contributed by atoms with E-state index in [2.05, 4.69) is 5.32 Å². The first-order chi connectivity index (χ1) is 11.1. The minimum atomic E-state index is -1.03. The SMILES string of the molecule is CSCC[C@@H](NC(=O)COc1cccc2ccccc12)C(=O)O. The number of carbonyl (C=O) groups is 2. The first kappa shape index (κ1) is 17.1. The Labute approximate surface area is 139 Å². The van der Waals surface area contributed by atoms with Gasteiger partial charge in [-0.25, -0.2) is 4.79 Å². The molecule has 0 aliphatic carbocycles. The zero-order valence-electron chi connectivity index (χ0n) is 12.8. The second-order valence-electron chi connectivity index (χ2n) is 5.01. The van der Waals surface area contributed by atoms with Gasteiger partial charge in [-0.05, 0) is 29.9 Å². The van der Waals surface area contributed by atoms with Crippen molar-refractivity contribution in [1.29, 1.82) is 0 Å². The lowest BCUT2D eigenvalue weighted by atomic mass is 10.1. The van der Waals surface area contributed by atoms with Gasteiger partial charge in [-0.15, -0.1) is 0 Å². The lowest BCUT2D eigenvalue weighted by Gasteiger charge is -2.14. The zero-order valence-corrected chi connectivity index (χ0v) is 13.6. The number of thioether (sulfide) groups is 1. The summed E-state index contributed by atoms with van der Waals surface area (Å²) in [6.07, 6.45) is 2.28. The molecule has 0 aliphatic heterocycles. The van der Waals surface area contributed by atoms with Crippen molar-refractivity contribution in [3.63, 3.8) is 0 Å². The highest BCUT2D eigenvalue weighted by Gasteiger charge is 2.19. The minimum absolute atomic E-state index is 0.211. The van der Waals surface area contributed by atoms with E-state index in [0.717, 1.165) is 10.8 Å². The third kappa shape index (κ3) is 4.89. The number of rotatable bonds is 8. The number of carboxylic acid groups (broad SMARTS) is 1. The van der Waals surface area contributed by atoms with Crippen molar-refractivity contribution in [2.24, 2.45) is 0 Å². The normalized spacial score (nSPS) is 11.9. The number of ether oxygens (including phenoxy) is 1. The molecule has 1 atom stereocenters. The summed E-state index contributed by atoms with van der Waals surface area (Å²) in [7, 11) is 0. The van der Waals surface area contributed by atoms with E-state index in [1.807, 2.05) is 42.7 Å². The van der Waals surface area contributed by atoms with Crippen molar-refractivity contribution < 1.29 is 19.4 Å². The summed E-state index contributed by atoms with van der Waals surface area (Å²) in [5.41, 5.74) is 0. The molecular weight excluding hydrogens is 314 g/mol. The van der Waals surface area contributed by atoms with E-state index in [1.54, 1.807) is 17.8 Å². The van der Waals surface area contributed by atoms with Crippen LogP contribution in [-0.4, -0.2) is 41.6 Å². The number of aliphatic carboxylic acids is 1. The van der Waals surface area contributed by atoms with E-state index in [0.29, 0.717) is 17.9 Å². The monoisotopic (exact) mass is 333 g/mol. The topological polar surface area (TPSA) is 75.6 Å². The number of fused-ring (bicyclic) bond motifs is 1. The van der Waals surface area contributed by atoms with Crippen LogP contribution >= 0.6 is 11.8 Å². The summed E-state index contributed by atoms with van der Waals surface area (Å²) >= 11 is 1.54. The predicted octanol–water partition coefficient (Wildman–Crippen LogP) is 2.54. The molecule has 0 heterocycles. The van der Waals surface area contributed by atoms with Crippen LogP contribution in [0.3, 0.4) is 0 Å². The lowest BCUT2D eigenvalue weighted by molar-refractivity contribution is -0.142. The number of benzene rings is 2. The molecule has 2 N–H and O–H groups in total. The van der Waals surface area contributed by atoms with Crippen LogP contribution in [0.15, 0.2) is 42.5 Å². The highest BCUT2D eigenvalue weighted by Crippen LogP contribution is 2.24. The molecule has 122 valence electrons. The maximum Gasteiger partial charge on any atom is 0.326 e. The van der Waals surface area contributed by atoms with E-state index in [9.17, 15) is 9.59 Å². The van der Waals surface area contributed by atoms with Crippen molar-refractivity contribution in [3.8, 4) is 5.75 Å². The largest absolute Gasteiger partial charge is 0.483 e. The Hall–Kier alpha value is -2.21. The van der Waals surface area contributed by atoms with Crippen LogP contribution in [0.1, 0.15) is 6.42 Å². The Bertz CT molecular complexity index is 684. The van der Waals surface area contributed by atoms with Crippen LogP contribution in [-0.2, 0) is 9.59 Å². The maximum absolute atomic E-state index is 11.9. The quantitative estimate of drug-likeness (QED) is 0.776. The van der Waals surface area contributed by atoms with Crippen LogP contribution in [0.5, 0.6) is 5.75 Å². The summed E-state index contributed by atoms with van der Waals surface area (Å²) < 4.78 is 5.56. The molecule has 0 radical (unpaired) electrons. The van der Waals surface area contributed by atoms with Crippen LogP contribution in [0.25, 0.3) is 10.8 Å². The van der Waals surface area contributed by atoms with E-state index in [4.69, 9.17) is 9.84 Å². The average molecular weight is 333 g/mol. The fourth-order valence-electron chi connectivity index (χ4n) is 2.19. The molecule has 0 saturated heterocycles. The number of carbonyl (C=O) groups excluding carboxylic acids is 1. The smallest absolute Gasteiger partial charge is 0.326 e. The molecule has 6 heteroatoms. The zero-order chi connectivity index (χ0) is 16.7. The molecule has 0 spiro atoms. The summed E-state index contributed by atoms with van der Waals surface area (Å²) in [6, 6.07) is 12.4. The molecule has 1 amide bonds. The molecule has 0 bridgehead atoms. The molecule has 2 aromatic carbocycles. The van der Waals surface area contributed by atoms with Gasteiger partial charge in [0.2, 0.25) is 0 Å². The van der Waals surface area contributed by atoms with Crippen molar-refractivity contribution >= 4 is 34.4 Å². The van der Waals surface area contributed by atoms with Gasteiger partial charge in [0.05, 0.1) is 0 Å². The van der Waals surface area contributed by atoms with Crippen LogP contribution in [0.2, 0.25) is 0 Å². The standard InChI is InChI=1S/C17H19NO4S/c1-23-10-9-14(17(20)21)18-16(19)11-22-15-8-4-6-12-5-2-3-7-13(12)15/h2-8,14H,9-11H2,1H3,(H,18,19)(H,20,21)/t14-/m1/s1. The first-order valence-corrected chi connectivity index (χ1v) is 8.63. The molecule has 0 saturated carbocycles. The summed E-state index contributed by atoms with van der Waals surface area (Å²) in [5, 5.41) is 13.5. The van der Waals surface area contributed by atoms with Crippen LogP contribution < -0.4 is 10.1 Å². The average Bonchev–Trinajstić information content (AvgIpc) is 2.56. The Morgan fingerprint density at radius 2 is 1.96 bits per heavy atom. The van der Waals surface area contributed by atoms with Crippen molar-refractivity contribution in [3.05, 3.63) is 42.5 Å². The molecular formula is C17H19NO4S. The van der Waals surface area contributed by atoms with Gasteiger partial charge in [0, 0.05) is 5.39 Å². The van der Waals surface area contributed by atoms with E-state index < -0.39 is 17.9 Å². The van der Waals surface area contributed by atoms with Gasteiger partial charge in [0.1, 0.15) is 11.8 Å². The number of hydrogen-bond acceptors (Lipinski definition) is 4. The number of amides is 1. The van der Waals surface area contributed by atoms with Gasteiger partial charge in [-0.2, -0.15) is 11.8 Å². The van der Waals surface area contributed by atoms with Crippen LogP contribution in [0, 0.1) is 0 Å². The Balaban J connectivity index is 1.96. The Morgan fingerprint density at radius 1 is 1.22 bits per heavy atom. The highest BCUT2D eigenvalue weighted by atomic mass is 32.2. The van der Waals surface area contributed by atoms with E-state index >= 15 is 0 Å². The molecule has 5 nitrogen and oxygen atoms in total. The molecule has 2 rings (SSSR count). The summed E-state index contributed by atoms with van der Waals surface area (Å²) in [4.78, 5) is 23.0. The van der Waals surface area contributed by atoms with E-state index in [-0.39, 0.29) is 6.61 Å². The first-order valence-electron chi connectivity index (χ1n) is 7.23. The molecule has 0 aliphatic rings. The Morgan fingerprint density at radius 3 is 2.70 bits per heavy atom. The van der Waals surface area contributed by atoms with E-state index in [1.165, 1.54) is 0 Å². The van der Waals surface area contributed by atoms with Gasteiger partial charge >= 0.3 is 5.97 Å². The second kappa shape index (κ2) is 8.43. The molecule has 0 unspecified atom stereocenters. The van der Waals surface area contributed by atoms with Crippen molar-refractivity contribution in [1.82, 2.24) is 5.32 Å². The highest BCUT2D eigenvalue weighted by molar-refractivity contribution is 7.98. The lowest BCUT2D eigenvalue weighted by Crippen LogP contribution is -2.43. The second-order valence-corrected chi connectivity index (χ2v) is 5.99. The van der Waals surface area contributed by atoms with Gasteiger partial charge in [0.15, 0.2) is 6.61 Å². The fourth-order valence-corrected chi connectivity index (χ4v) is 2.67. The van der Waals surface area contributed by atoms with Gasteiger partial charge in [-0.1, -0.05) is 36.4 Å². The van der Waals surface area contributed by atoms with Crippen LogP contribution in [0.4, 0.5) is 0 Å². The molecule has 0 aromatic heterocycles. The minimum Gasteiger partial charge on any atom is -0.483 e. The molecule has 2 aromatic rings.